The van der Waals surface area contributed by atoms with Gasteiger partial charge in [-0.2, -0.15) is 0 Å². The fraction of sp³-hybridized carbons (Fsp3) is 0.688. The van der Waals surface area contributed by atoms with Crippen LogP contribution in [0.3, 0.4) is 0 Å². The van der Waals surface area contributed by atoms with E-state index in [0.29, 0.717) is 0 Å². The summed E-state index contributed by atoms with van der Waals surface area (Å²) in [7, 11) is 0. The highest BCUT2D eigenvalue weighted by Gasteiger charge is 2.54. The second-order valence-electron chi connectivity index (χ2n) is 13.7. The summed E-state index contributed by atoms with van der Waals surface area (Å²) in [5, 5.41) is 147. The minimum absolute atomic E-state index is 0.243. The van der Waals surface area contributed by atoms with Gasteiger partial charge in [0.15, 0.2) is 37.2 Å². The van der Waals surface area contributed by atoms with Crippen molar-refractivity contribution < 1.29 is 119 Å². The molecule has 0 bridgehead atoms. The van der Waals surface area contributed by atoms with Crippen molar-refractivity contribution in [3.05, 3.63) is 35.4 Å². The van der Waals surface area contributed by atoms with Crippen LogP contribution in [0.2, 0.25) is 0 Å². The van der Waals surface area contributed by atoms with Gasteiger partial charge >= 0.3 is 11.9 Å². The van der Waals surface area contributed by atoms with Crippen molar-refractivity contribution in [1.82, 2.24) is 10.6 Å². The fourth-order valence-electron chi connectivity index (χ4n) is 6.57. The van der Waals surface area contributed by atoms with E-state index < -0.39 is 160 Å². The number of benzene rings is 1. The van der Waals surface area contributed by atoms with E-state index in [-0.39, 0.29) is 11.1 Å². The average Bonchev–Trinajstić information content (AvgIpc) is 3.19. The van der Waals surface area contributed by atoms with Gasteiger partial charge in [0.25, 0.3) is 11.8 Å². The minimum atomic E-state index is -2.17. The summed E-state index contributed by atoms with van der Waals surface area (Å²) in [6.45, 7) is -1.73. The Labute approximate surface area is 324 Å². The summed E-state index contributed by atoms with van der Waals surface area (Å²) in [4.78, 5) is 50.1. The van der Waals surface area contributed by atoms with Crippen LogP contribution < -0.4 is 10.6 Å². The Balaban J connectivity index is 1.25. The van der Waals surface area contributed by atoms with Crippen LogP contribution in [0.5, 0.6) is 0 Å². The number of aliphatic hydroxyl groups excluding tert-OH is 12. The second kappa shape index (κ2) is 18.8. The van der Waals surface area contributed by atoms with E-state index in [1.807, 2.05) is 0 Å². The number of rotatable bonds is 12. The van der Waals surface area contributed by atoms with Crippen LogP contribution in [0, 0.1) is 0 Å². The number of ether oxygens (including phenoxy) is 6. The maximum atomic E-state index is 13.2. The number of hydrogen-bond donors (Lipinski definition) is 16. The van der Waals surface area contributed by atoms with Gasteiger partial charge in [-0.3, -0.25) is 9.59 Å². The average molecular weight is 841 g/mol. The molecule has 4 aliphatic heterocycles. The first-order valence-corrected chi connectivity index (χ1v) is 17.4. The van der Waals surface area contributed by atoms with Gasteiger partial charge in [0.1, 0.15) is 85.5 Å². The maximum Gasteiger partial charge on any atom is 0.335 e. The Morgan fingerprint density at radius 3 is 1.10 bits per heavy atom. The van der Waals surface area contributed by atoms with Crippen LogP contribution in [-0.2, 0) is 38.0 Å². The molecule has 0 aromatic heterocycles. The summed E-state index contributed by atoms with van der Waals surface area (Å²) in [5.41, 5.74) is -0.486. The second-order valence-corrected chi connectivity index (χ2v) is 13.7. The third kappa shape index (κ3) is 9.23. The number of aliphatic carboxylic acids is 2. The normalized spacial score (nSPS) is 43.2. The summed E-state index contributed by atoms with van der Waals surface area (Å²) in [6.07, 6.45) is -39.0. The van der Waals surface area contributed by atoms with Crippen LogP contribution in [-0.4, -0.2) is 231 Å². The molecular weight excluding hydrogens is 796 g/mol. The molecule has 58 heavy (non-hydrogen) atoms. The molecule has 20 atom stereocenters. The lowest BCUT2D eigenvalue weighted by atomic mass is 9.96. The molecule has 4 saturated heterocycles. The highest BCUT2D eigenvalue weighted by molar-refractivity contribution is 5.98. The topological polar surface area (TPSA) is 431 Å². The molecule has 326 valence electrons. The van der Waals surface area contributed by atoms with Crippen molar-refractivity contribution in [3.63, 3.8) is 0 Å². The van der Waals surface area contributed by atoms with Gasteiger partial charge in [-0.15, -0.1) is 0 Å². The lowest BCUT2D eigenvalue weighted by Gasteiger charge is -2.45. The van der Waals surface area contributed by atoms with E-state index in [4.69, 9.17) is 28.4 Å². The van der Waals surface area contributed by atoms with Crippen LogP contribution in [0.4, 0.5) is 0 Å². The molecule has 0 saturated carbocycles. The van der Waals surface area contributed by atoms with E-state index in [9.17, 15) is 90.7 Å². The van der Waals surface area contributed by atoms with Gasteiger partial charge in [-0.1, -0.05) is 0 Å². The Morgan fingerprint density at radius 2 is 0.810 bits per heavy atom. The zero-order chi connectivity index (χ0) is 42.9. The zero-order valence-corrected chi connectivity index (χ0v) is 29.6. The maximum absolute atomic E-state index is 13.2. The van der Waals surface area contributed by atoms with Crippen molar-refractivity contribution in [2.24, 2.45) is 0 Å². The third-order valence-corrected chi connectivity index (χ3v) is 9.90. The smallest absolute Gasteiger partial charge is 0.335 e. The van der Waals surface area contributed by atoms with E-state index in [2.05, 4.69) is 10.6 Å². The van der Waals surface area contributed by atoms with Gasteiger partial charge in [0, 0.05) is 11.1 Å². The number of carboxylic acids is 2. The molecule has 4 aliphatic rings. The van der Waals surface area contributed by atoms with Crippen LogP contribution >= 0.6 is 0 Å². The van der Waals surface area contributed by atoms with Gasteiger partial charge < -0.3 is 111 Å². The SMILES string of the molecule is O=C(N[C@@H]1O[C@H](C(=O)O)[C@@H](O)[C@H](O[C@H]2O[C@H](CO)[C@@H](O)[C@H](O)[C@@H]2O)[C@H]1O)c1ccc(C(=O)N[C@@H]2O[C@H](C(=O)O)[C@@H](O)[C@H](O[C@H]3O[C@H](CO)[C@@H](O)[C@H](O)[C@@H]3O)[C@H]2O)cc1. The van der Waals surface area contributed by atoms with Gasteiger partial charge in [-0.05, 0) is 24.3 Å². The largest absolute Gasteiger partial charge is 0.479 e. The number of nitrogens with one attached hydrogen (secondary N) is 2. The highest BCUT2D eigenvalue weighted by Crippen LogP contribution is 2.31. The molecule has 26 nitrogen and oxygen atoms in total. The Kier molecular flexibility index (Phi) is 14.7. The lowest BCUT2D eigenvalue weighted by molar-refractivity contribution is -0.340. The van der Waals surface area contributed by atoms with E-state index in [0.717, 1.165) is 24.3 Å². The Hall–Kier alpha value is -3.62. The molecule has 16 N–H and O–H groups in total. The Bertz CT molecular complexity index is 1490. The molecule has 0 spiro atoms. The zero-order valence-electron chi connectivity index (χ0n) is 29.6. The number of aliphatic hydroxyl groups is 12. The molecule has 0 radical (unpaired) electrons. The van der Waals surface area contributed by atoms with Crippen LogP contribution in [0.25, 0.3) is 0 Å². The summed E-state index contributed by atoms with van der Waals surface area (Å²) < 4.78 is 31.6. The number of carbonyl (C=O) groups is 4. The monoisotopic (exact) mass is 840 g/mol. The molecule has 1 aromatic carbocycles. The molecular formula is C32H44N2O24. The number of carbonyl (C=O) groups excluding carboxylic acids is 2. The molecule has 2 amide bonds. The summed E-state index contributed by atoms with van der Waals surface area (Å²) in [6, 6.07) is 4.21. The first kappa shape index (κ1) is 45.5. The molecule has 4 fully saturated rings. The summed E-state index contributed by atoms with van der Waals surface area (Å²) >= 11 is 0. The molecule has 26 heteroatoms. The van der Waals surface area contributed by atoms with E-state index in [1.165, 1.54) is 0 Å². The third-order valence-electron chi connectivity index (χ3n) is 9.90. The molecule has 4 heterocycles. The van der Waals surface area contributed by atoms with Crippen molar-refractivity contribution in [2.75, 3.05) is 13.2 Å². The van der Waals surface area contributed by atoms with Gasteiger partial charge in [-0.25, -0.2) is 9.59 Å². The molecule has 0 aliphatic carbocycles. The standard InChI is InChI=1S/C32H44N2O24/c35-5-9-11(37)13(39)15(41)31(53-9)57-21-17(43)23(29(49)50)55-27(19(21)45)33-25(47)7-1-2-8(4-3-7)26(48)34-28-20(46)22(18(44)24(56-28)30(51)52)58-32-16(42)14(40)12(38)10(6-36)54-32/h1-4,9-24,27-28,31-32,35-46H,5-6H2,(H,33,47)(H,34,48)(H,49,50)(H,51,52)/t9-,10-,11-,12-,13+,14+,15+,16+,17+,18+,19-,20-,21+,22+,23+,24+,27-,28-,31-,32-/m1/s1. The minimum Gasteiger partial charge on any atom is -0.479 e. The van der Waals surface area contributed by atoms with Crippen molar-refractivity contribution in [1.29, 1.82) is 0 Å². The first-order chi connectivity index (χ1) is 27.3. The highest BCUT2D eigenvalue weighted by atomic mass is 16.7. The molecule has 5 rings (SSSR count). The lowest BCUT2D eigenvalue weighted by Crippen LogP contribution is -2.67. The number of amides is 2. The van der Waals surface area contributed by atoms with E-state index >= 15 is 0 Å². The van der Waals surface area contributed by atoms with E-state index in [1.54, 1.807) is 0 Å². The Morgan fingerprint density at radius 1 is 0.483 bits per heavy atom. The fourth-order valence-corrected chi connectivity index (χ4v) is 6.57. The van der Waals surface area contributed by atoms with Crippen LogP contribution in [0.15, 0.2) is 24.3 Å². The molecule has 0 unspecified atom stereocenters. The quantitative estimate of drug-likeness (QED) is 0.0929. The number of carboxylic acid groups (broad SMARTS) is 2. The van der Waals surface area contributed by atoms with Gasteiger partial charge in [0.05, 0.1) is 13.2 Å². The van der Waals surface area contributed by atoms with Gasteiger partial charge in [0.2, 0.25) is 0 Å². The first-order valence-electron chi connectivity index (χ1n) is 17.4. The predicted molar refractivity (Wildman–Crippen MR) is 175 cm³/mol. The summed E-state index contributed by atoms with van der Waals surface area (Å²) in [5.74, 6) is -5.67. The molecule has 1 aromatic rings. The van der Waals surface area contributed by atoms with Crippen LogP contribution in [0.1, 0.15) is 20.7 Å². The van der Waals surface area contributed by atoms with Crippen molar-refractivity contribution in [3.8, 4) is 0 Å². The predicted octanol–water partition coefficient (Wildman–Crippen LogP) is -9.42. The van der Waals surface area contributed by atoms with Crippen molar-refractivity contribution in [2.45, 2.75) is 123 Å². The van der Waals surface area contributed by atoms with Crippen molar-refractivity contribution >= 4 is 23.8 Å². The number of hydrogen-bond acceptors (Lipinski definition) is 22.